The maximum absolute atomic E-state index is 13.5. The highest BCUT2D eigenvalue weighted by atomic mass is 19.1. The average molecular weight is 420 g/mol. The largest absolute Gasteiger partial charge is 0.491 e. The molecule has 3 heteroatoms. The lowest BCUT2D eigenvalue weighted by atomic mass is 9.86. The fourth-order valence-electron chi connectivity index (χ4n) is 3.91. The van der Waals surface area contributed by atoms with Gasteiger partial charge in [-0.3, -0.25) is 0 Å². The Bertz CT molecular complexity index is 915. The molecule has 0 heterocycles. The van der Waals surface area contributed by atoms with Gasteiger partial charge in [-0.2, -0.15) is 0 Å². The van der Waals surface area contributed by atoms with Crippen LogP contribution in [0.3, 0.4) is 0 Å². The fraction of sp³-hybridized carbons (Fsp3) is 0.357. The Morgan fingerprint density at radius 2 is 1.35 bits per heavy atom. The molecule has 0 spiro atoms. The van der Waals surface area contributed by atoms with Gasteiger partial charge in [0.05, 0.1) is 6.10 Å². The second kappa shape index (κ2) is 11.0. The zero-order valence-corrected chi connectivity index (χ0v) is 19.1. The molecule has 0 aliphatic carbocycles. The van der Waals surface area contributed by atoms with Crippen molar-refractivity contribution in [2.75, 3.05) is 19.0 Å². The number of halogens is 1. The Kier molecular flexibility index (Phi) is 8.11. The normalized spacial score (nSPS) is 12.1. The fourth-order valence-corrected chi connectivity index (χ4v) is 3.91. The SMILES string of the molecule is CC(C)Oc1ccc(C(CCCCc2ccc(N(C)C)cc2)c2ccc(F)cc2)cc1. The number of anilines is 1. The van der Waals surface area contributed by atoms with Gasteiger partial charge in [-0.05, 0) is 86.2 Å². The van der Waals surface area contributed by atoms with Crippen LogP contribution >= 0.6 is 0 Å². The quantitative estimate of drug-likeness (QED) is 0.322. The first-order chi connectivity index (χ1) is 14.9. The summed E-state index contributed by atoms with van der Waals surface area (Å²) in [4.78, 5) is 2.12. The molecule has 0 N–H and O–H groups in total. The highest BCUT2D eigenvalue weighted by Crippen LogP contribution is 2.31. The molecule has 3 aromatic rings. The highest BCUT2D eigenvalue weighted by molar-refractivity contribution is 5.46. The molecule has 0 saturated heterocycles. The minimum atomic E-state index is -0.190. The van der Waals surface area contributed by atoms with Crippen molar-refractivity contribution < 1.29 is 9.13 Å². The van der Waals surface area contributed by atoms with Gasteiger partial charge >= 0.3 is 0 Å². The van der Waals surface area contributed by atoms with Gasteiger partial charge in [0.15, 0.2) is 0 Å². The van der Waals surface area contributed by atoms with Gasteiger partial charge in [0, 0.05) is 25.7 Å². The van der Waals surface area contributed by atoms with Gasteiger partial charge in [0.2, 0.25) is 0 Å². The zero-order valence-electron chi connectivity index (χ0n) is 19.1. The van der Waals surface area contributed by atoms with E-state index in [-0.39, 0.29) is 17.8 Å². The third-order valence-corrected chi connectivity index (χ3v) is 5.59. The Hall–Kier alpha value is -2.81. The summed E-state index contributed by atoms with van der Waals surface area (Å²) in [5, 5.41) is 0. The summed E-state index contributed by atoms with van der Waals surface area (Å²) < 4.78 is 19.3. The molecular weight excluding hydrogens is 385 g/mol. The predicted octanol–water partition coefficient (Wildman–Crippen LogP) is 7.22. The van der Waals surface area contributed by atoms with Crippen LogP contribution in [0.15, 0.2) is 72.8 Å². The monoisotopic (exact) mass is 419 g/mol. The molecule has 2 nitrogen and oxygen atoms in total. The number of hydrogen-bond acceptors (Lipinski definition) is 2. The van der Waals surface area contributed by atoms with E-state index in [1.165, 1.54) is 16.8 Å². The Morgan fingerprint density at radius 3 is 1.90 bits per heavy atom. The van der Waals surface area contributed by atoms with Gasteiger partial charge in [-0.1, -0.05) is 42.8 Å². The van der Waals surface area contributed by atoms with Crippen LogP contribution in [-0.4, -0.2) is 20.2 Å². The summed E-state index contributed by atoms with van der Waals surface area (Å²) in [6.07, 6.45) is 4.51. The Morgan fingerprint density at radius 1 is 0.774 bits per heavy atom. The summed E-state index contributed by atoms with van der Waals surface area (Å²) in [7, 11) is 4.12. The van der Waals surface area contributed by atoms with E-state index in [1.54, 1.807) is 12.1 Å². The smallest absolute Gasteiger partial charge is 0.123 e. The van der Waals surface area contributed by atoms with Crippen molar-refractivity contribution in [3.63, 3.8) is 0 Å². The van der Waals surface area contributed by atoms with E-state index in [2.05, 4.69) is 55.4 Å². The third kappa shape index (κ3) is 6.85. The first-order valence-electron chi connectivity index (χ1n) is 11.2. The minimum Gasteiger partial charge on any atom is -0.491 e. The molecule has 0 amide bonds. The highest BCUT2D eigenvalue weighted by Gasteiger charge is 2.15. The molecule has 0 aliphatic heterocycles. The van der Waals surface area contributed by atoms with Crippen LogP contribution in [-0.2, 0) is 6.42 Å². The van der Waals surface area contributed by atoms with Gasteiger partial charge in [-0.25, -0.2) is 4.39 Å². The van der Waals surface area contributed by atoms with Crippen molar-refractivity contribution in [2.45, 2.75) is 51.6 Å². The van der Waals surface area contributed by atoms with Gasteiger partial charge in [-0.15, -0.1) is 0 Å². The molecule has 164 valence electrons. The van der Waals surface area contributed by atoms with Crippen LogP contribution in [0.5, 0.6) is 5.75 Å². The van der Waals surface area contributed by atoms with Gasteiger partial charge in [0.1, 0.15) is 11.6 Å². The average Bonchev–Trinajstić information content (AvgIpc) is 2.75. The number of ether oxygens (including phenoxy) is 1. The van der Waals surface area contributed by atoms with Crippen LogP contribution in [0.2, 0.25) is 0 Å². The Balaban J connectivity index is 1.65. The maximum Gasteiger partial charge on any atom is 0.123 e. The molecule has 0 saturated carbocycles. The zero-order chi connectivity index (χ0) is 22.2. The number of benzene rings is 3. The van der Waals surface area contributed by atoms with Crippen molar-refractivity contribution in [3.8, 4) is 5.75 Å². The van der Waals surface area contributed by atoms with Crippen molar-refractivity contribution in [1.82, 2.24) is 0 Å². The van der Waals surface area contributed by atoms with E-state index < -0.39 is 0 Å². The topological polar surface area (TPSA) is 12.5 Å². The number of rotatable bonds is 10. The Labute approximate surface area is 186 Å². The minimum absolute atomic E-state index is 0.158. The van der Waals surface area contributed by atoms with Crippen molar-refractivity contribution in [3.05, 3.63) is 95.3 Å². The molecular formula is C28H34FNO. The second-order valence-corrected chi connectivity index (χ2v) is 8.65. The third-order valence-electron chi connectivity index (χ3n) is 5.59. The predicted molar refractivity (Wildman–Crippen MR) is 129 cm³/mol. The molecule has 0 radical (unpaired) electrons. The van der Waals surface area contributed by atoms with E-state index in [1.807, 2.05) is 38.1 Å². The molecule has 31 heavy (non-hydrogen) atoms. The van der Waals surface area contributed by atoms with Crippen molar-refractivity contribution in [2.24, 2.45) is 0 Å². The first kappa shape index (κ1) is 22.9. The van der Waals surface area contributed by atoms with Crippen LogP contribution in [0.1, 0.15) is 55.7 Å². The summed E-state index contributed by atoms with van der Waals surface area (Å²) in [6.45, 7) is 4.06. The number of aryl methyl sites for hydroxylation is 1. The van der Waals surface area contributed by atoms with E-state index in [0.29, 0.717) is 0 Å². The van der Waals surface area contributed by atoms with E-state index in [4.69, 9.17) is 4.74 Å². The number of unbranched alkanes of at least 4 members (excludes halogenated alkanes) is 1. The van der Waals surface area contributed by atoms with E-state index >= 15 is 0 Å². The van der Waals surface area contributed by atoms with Crippen molar-refractivity contribution in [1.29, 1.82) is 0 Å². The molecule has 3 rings (SSSR count). The molecule has 1 unspecified atom stereocenters. The summed E-state index contributed by atoms with van der Waals surface area (Å²) in [5.41, 5.74) is 5.01. The second-order valence-electron chi connectivity index (χ2n) is 8.65. The molecule has 0 aliphatic rings. The van der Waals surface area contributed by atoms with Crippen LogP contribution in [0.4, 0.5) is 10.1 Å². The number of hydrogen-bond donors (Lipinski definition) is 0. The van der Waals surface area contributed by atoms with Crippen molar-refractivity contribution >= 4 is 5.69 Å². The molecule has 0 bridgehead atoms. The van der Waals surface area contributed by atoms with Crippen LogP contribution in [0, 0.1) is 5.82 Å². The molecule has 0 aromatic heterocycles. The van der Waals surface area contributed by atoms with Gasteiger partial charge in [0.25, 0.3) is 0 Å². The maximum atomic E-state index is 13.5. The molecule has 0 fully saturated rings. The summed E-state index contributed by atoms with van der Waals surface area (Å²) in [6, 6.07) is 24.1. The van der Waals surface area contributed by atoms with Crippen LogP contribution < -0.4 is 9.64 Å². The molecule has 3 aromatic carbocycles. The van der Waals surface area contributed by atoms with Crippen LogP contribution in [0.25, 0.3) is 0 Å². The van der Waals surface area contributed by atoms with E-state index in [9.17, 15) is 4.39 Å². The summed E-state index contributed by atoms with van der Waals surface area (Å²) >= 11 is 0. The lowest BCUT2D eigenvalue weighted by molar-refractivity contribution is 0.242. The standard InChI is InChI=1S/C28H34FNO/c1-21(2)31-27-19-13-24(14-20-27)28(23-11-15-25(29)16-12-23)8-6-5-7-22-9-17-26(18-10-22)30(3)4/h9-21,28H,5-8H2,1-4H3. The first-order valence-corrected chi connectivity index (χ1v) is 11.2. The van der Waals surface area contributed by atoms with E-state index in [0.717, 1.165) is 37.0 Å². The van der Waals surface area contributed by atoms with Gasteiger partial charge < -0.3 is 9.64 Å². The molecule has 1 atom stereocenters. The summed E-state index contributed by atoms with van der Waals surface area (Å²) in [5.74, 6) is 0.951. The lowest BCUT2D eigenvalue weighted by Crippen LogP contribution is -2.08. The number of nitrogens with zero attached hydrogens (tertiary/aromatic N) is 1. The lowest BCUT2D eigenvalue weighted by Gasteiger charge is -2.19.